The van der Waals surface area contributed by atoms with Gasteiger partial charge in [0.25, 0.3) is 0 Å². The third kappa shape index (κ3) is 2.11. The molecule has 1 unspecified atom stereocenters. The van der Waals surface area contributed by atoms with E-state index in [-0.39, 0.29) is 6.04 Å². The number of hydrogen-bond donors (Lipinski definition) is 1. The molecule has 1 rings (SSSR count). The Hall–Kier alpha value is -1.69. The number of carboxylic acid groups (broad SMARTS) is 1. The smallest absolute Gasteiger partial charge is 0.337 e. The molecule has 0 saturated heterocycles. The molecule has 3 nitrogen and oxygen atoms in total. The van der Waals surface area contributed by atoms with Crippen molar-refractivity contribution in [3.05, 3.63) is 23.0 Å². The van der Waals surface area contributed by atoms with Crippen molar-refractivity contribution in [1.82, 2.24) is 4.57 Å². The summed E-state index contributed by atoms with van der Waals surface area (Å²) in [5.74, 6) is 1.76. The van der Waals surface area contributed by atoms with E-state index in [0.717, 1.165) is 17.8 Å². The highest BCUT2D eigenvalue weighted by Crippen LogP contribution is 2.24. The van der Waals surface area contributed by atoms with Gasteiger partial charge in [-0.15, -0.1) is 12.3 Å². The van der Waals surface area contributed by atoms with Gasteiger partial charge in [0.2, 0.25) is 0 Å². The van der Waals surface area contributed by atoms with Crippen molar-refractivity contribution in [3.8, 4) is 12.3 Å². The number of rotatable bonds is 4. The van der Waals surface area contributed by atoms with Gasteiger partial charge in [0.15, 0.2) is 0 Å². The molecule has 1 atom stereocenters. The van der Waals surface area contributed by atoms with Crippen molar-refractivity contribution in [2.45, 2.75) is 39.7 Å². The van der Waals surface area contributed by atoms with Gasteiger partial charge in [0.05, 0.1) is 5.56 Å². The predicted octanol–water partition coefficient (Wildman–Crippen LogP) is 2.78. The van der Waals surface area contributed by atoms with Gasteiger partial charge in [-0.1, -0.05) is 6.92 Å². The van der Waals surface area contributed by atoms with Crippen LogP contribution in [0.4, 0.5) is 0 Å². The average Bonchev–Trinajstić information content (AvgIpc) is 2.52. The molecule has 1 N–H and O–H groups in total. The van der Waals surface area contributed by atoms with E-state index in [1.54, 1.807) is 6.07 Å². The summed E-state index contributed by atoms with van der Waals surface area (Å²) in [7, 11) is 0. The first-order valence-corrected chi connectivity index (χ1v) is 5.38. The fraction of sp³-hybridized carbons (Fsp3) is 0.462. The van der Waals surface area contributed by atoms with Gasteiger partial charge in [-0.2, -0.15) is 0 Å². The second-order valence-electron chi connectivity index (χ2n) is 3.93. The largest absolute Gasteiger partial charge is 0.478 e. The monoisotopic (exact) mass is 219 g/mol. The van der Waals surface area contributed by atoms with Gasteiger partial charge in [-0.25, -0.2) is 4.79 Å². The molecule has 0 saturated carbocycles. The van der Waals surface area contributed by atoms with Crippen LogP contribution in [0.1, 0.15) is 47.6 Å². The van der Waals surface area contributed by atoms with Crippen LogP contribution in [0.25, 0.3) is 0 Å². The zero-order chi connectivity index (χ0) is 12.3. The second kappa shape index (κ2) is 4.89. The molecule has 0 spiro atoms. The summed E-state index contributed by atoms with van der Waals surface area (Å²) in [4.78, 5) is 11.0. The van der Waals surface area contributed by atoms with Crippen LogP contribution in [-0.2, 0) is 0 Å². The average molecular weight is 219 g/mol. The predicted molar refractivity (Wildman–Crippen MR) is 63.6 cm³/mol. The van der Waals surface area contributed by atoms with Crippen LogP contribution in [0.5, 0.6) is 0 Å². The molecule has 0 radical (unpaired) electrons. The minimum Gasteiger partial charge on any atom is -0.478 e. The molecule has 16 heavy (non-hydrogen) atoms. The number of hydrogen-bond acceptors (Lipinski definition) is 1. The number of terminal acetylenes is 1. The van der Waals surface area contributed by atoms with Gasteiger partial charge in [-0.3, -0.25) is 0 Å². The highest BCUT2D eigenvalue weighted by Gasteiger charge is 2.18. The molecular weight excluding hydrogens is 202 g/mol. The minimum atomic E-state index is -0.880. The molecule has 0 fully saturated rings. The fourth-order valence-electron chi connectivity index (χ4n) is 2.11. The molecular formula is C13H17NO2. The van der Waals surface area contributed by atoms with Crippen molar-refractivity contribution < 1.29 is 9.90 Å². The molecule has 0 aliphatic heterocycles. The highest BCUT2D eigenvalue weighted by molar-refractivity contribution is 5.89. The number of nitrogens with zero attached hydrogens (tertiary/aromatic N) is 1. The summed E-state index contributed by atoms with van der Waals surface area (Å²) in [5.41, 5.74) is 2.11. The van der Waals surface area contributed by atoms with Crippen molar-refractivity contribution in [3.63, 3.8) is 0 Å². The Kier molecular flexibility index (Phi) is 3.78. The first-order chi connectivity index (χ1) is 7.52. The zero-order valence-electron chi connectivity index (χ0n) is 9.95. The van der Waals surface area contributed by atoms with Crippen LogP contribution in [0, 0.1) is 26.2 Å². The maximum Gasteiger partial charge on any atom is 0.337 e. The van der Waals surface area contributed by atoms with Crippen LogP contribution in [-0.4, -0.2) is 15.6 Å². The Bertz CT molecular complexity index is 438. The van der Waals surface area contributed by atoms with E-state index in [1.807, 2.05) is 18.4 Å². The Morgan fingerprint density at radius 2 is 2.25 bits per heavy atom. The minimum absolute atomic E-state index is 0.193. The zero-order valence-corrected chi connectivity index (χ0v) is 9.95. The van der Waals surface area contributed by atoms with E-state index in [9.17, 15) is 4.79 Å². The van der Waals surface area contributed by atoms with Crippen LogP contribution >= 0.6 is 0 Å². The Balaban J connectivity index is 3.23. The van der Waals surface area contributed by atoms with E-state index in [4.69, 9.17) is 11.5 Å². The maximum absolute atomic E-state index is 11.0. The van der Waals surface area contributed by atoms with Crippen LogP contribution in [0.15, 0.2) is 6.07 Å². The van der Waals surface area contributed by atoms with Crippen LogP contribution in [0.2, 0.25) is 0 Å². The third-order valence-electron chi connectivity index (χ3n) is 2.90. The summed E-state index contributed by atoms with van der Waals surface area (Å²) in [6.07, 6.45) is 6.86. The van der Waals surface area contributed by atoms with E-state index < -0.39 is 5.97 Å². The Labute approximate surface area is 96.1 Å². The molecule has 1 aromatic rings. The Morgan fingerprint density at radius 3 is 2.62 bits per heavy atom. The number of aryl methyl sites for hydroxylation is 1. The molecule has 1 heterocycles. The molecule has 0 bridgehead atoms. The number of aromatic nitrogens is 1. The van der Waals surface area contributed by atoms with E-state index >= 15 is 0 Å². The molecule has 0 aromatic carbocycles. The normalized spacial score (nSPS) is 12.1. The SMILES string of the molecule is C#CCC(CC)n1c(C)cc(C(=O)O)c1C. The van der Waals surface area contributed by atoms with E-state index in [0.29, 0.717) is 12.0 Å². The first kappa shape index (κ1) is 12.4. The van der Waals surface area contributed by atoms with Gasteiger partial charge in [0, 0.05) is 23.9 Å². The van der Waals surface area contributed by atoms with Gasteiger partial charge < -0.3 is 9.67 Å². The summed E-state index contributed by atoms with van der Waals surface area (Å²) in [6, 6.07) is 1.90. The number of carbonyl (C=O) groups is 1. The summed E-state index contributed by atoms with van der Waals surface area (Å²) < 4.78 is 2.03. The molecule has 0 aliphatic carbocycles. The van der Waals surface area contributed by atoms with Gasteiger partial charge in [-0.05, 0) is 26.3 Å². The van der Waals surface area contributed by atoms with Crippen molar-refractivity contribution >= 4 is 5.97 Å². The molecule has 3 heteroatoms. The summed E-state index contributed by atoms with van der Waals surface area (Å²) in [6.45, 7) is 5.80. The summed E-state index contributed by atoms with van der Waals surface area (Å²) in [5, 5.41) is 9.03. The topological polar surface area (TPSA) is 42.2 Å². The molecule has 0 amide bonds. The van der Waals surface area contributed by atoms with Crippen molar-refractivity contribution in [2.75, 3.05) is 0 Å². The lowest BCUT2D eigenvalue weighted by atomic mass is 10.1. The van der Waals surface area contributed by atoms with Crippen LogP contribution < -0.4 is 0 Å². The van der Waals surface area contributed by atoms with Crippen molar-refractivity contribution in [2.24, 2.45) is 0 Å². The van der Waals surface area contributed by atoms with E-state index in [2.05, 4.69) is 12.8 Å². The lowest BCUT2D eigenvalue weighted by Crippen LogP contribution is -2.11. The number of aromatic carboxylic acids is 1. The third-order valence-corrected chi connectivity index (χ3v) is 2.90. The van der Waals surface area contributed by atoms with E-state index in [1.165, 1.54) is 0 Å². The van der Waals surface area contributed by atoms with Gasteiger partial charge in [0.1, 0.15) is 0 Å². The number of carboxylic acids is 1. The molecule has 1 aromatic heterocycles. The second-order valence-corrected chi connectivity index (χ2v) is 3.93. The van der Waals surface area contributed by atoms with Crippen LogP contribution in [0.3, 0.4) is 0 Å². The van der Waals surface area contributed by atoms with Gasteiger partial charge >= 0.3 is 5.97 Å². The quantitative estimate of drug-likeness (QED) is 0.791. The summed E-state index contributed by atoms with van der Waals surface area (Å²) >= 11 is 0. The lowest BCUT2D eigenvalue weighted by molar-refractivity contribution is 0.0696. The Morgan fingerprint density at radius 1 is 1.62 bits per heavy atom. The lowest BCUT2D eigenvalue weighted by Gasteiger charge is -2.19. The molecule has 86 valence electrons. The van der Waals surface area contributed by atoms with Crippen molar-refractivity contribution in [1.29, 1.82) is 0 Å². The fourth-order valence-corrected chi connectivity index (χ4v) is 2.11. The first-order valence-electron chi connectivity index (χ1n) is 5.38. The standard InChI is InChI=1S/C13H17NO2/c1-5-7-11(6-2)14-9(3)8-12(10(14)4)13(15)16/h1,8,11H,6-7H2,2-4H3,(H,15,16). The maximum atomic E-state index is 11.0. The highest BCUT2D eigenvalue weighted by atomic mass is 16.4. The molecule has 0 aliphatic rings.